The standard InChI is InChI=1S/C29H27F3N2O4/c1-29(2,3)38-25(35)16-34(28(37)26-23(31)14-20(30)15-24(26)32)22-6-4-5-19(13-22)17-7-9-18(10-8-17)27(36)33-21-11-12-21/h4-10,13-15,21H,11-12,16H2,1-3H3,(H,33,36). The number of anilines is 1. The molecule has 0 radical (unpaired) electrons. The number of carbonyl (C=O) groups is 3. The average Bonchev–Trinajstić information content (AvgIpc) is 3.65. The van der Waals surface area contributed by atoms with E-state index in [2.05, 4.69) is 5.32 Å². The van der Waals surface area contributed by atoms with Gasteiger partial charge in [-0.1, -0.05) is 24.3 Å². The Morgan fingerprint density at radius 2 is 1.55 bits per heavy atom. The maximum absolute atomic E-state index is 14.5. The largest absolute Gasteiger partial charge is 0.459 e. The van der Waals surface area contributed by atoms with Gasteiger partial charge in [-0.05, 0) is 69.0 Å². The van der Waals surface area contributed by atoms with Crippen LogP contribution in [-0.2, 0) is 9.53 Å². The number of nitrogens with zero attached hydrogens (tertiary/aromatic N) is 1. The van der Waals surface area contributed by atoms with Crippen LogP contribution < -0.4 is 10.2 Å². The summed E-state index contributed by atoms with van der Waals surface area (Å²) in [6.07, 6.45) is 1.95. The second kappa shape index (κ2) is 10.7. The Kier molecular flexibility index (Phi) is 7.57. The van der Waals surface area contributed by atoms with Gasteiger partial charge in [0.05, 0.1) is 0 Å². The van der Waals surface area contributed by atoms with Crippen molar-refractivity contribution >= 4 is 23.5 Å². The van der Waals surface area contributed by atoms with Crippen molar-refractivity contribution in [1.29, 1.82) is 0 Å². The van der Waals surface area contributed by atoms with E-state index >= 15 is 0 Å². The second-order valence-electron chi connectivity index (χ2n) is 10.1. The highest BCUT2D eigenvalue weighted by atomic mass is 19.1. The molecule has 2 amide bonds. The van der Waals surface area contributed by atoms with Gasteiger partial charge < -0.3 is 10.1 Å². The Morgan fingerprint density at radius 3 is 2.13 bits per heavy atom. The Morgan fingerprint density at radius 1 is 0.921 bits per heavy atom. The van der Waals surface area contributed by atoms with Gasteiger partial charge in [0, 0.05) is 29.4 Å². The van der Waals surface area contributed by atoms with Crippen molar-refractivity contribution in [2.24, 2.45) is 0 Å². The van der Waals surface area contributed by atoms with Crippen LogP contribution in [0.2, 0.25) is 0 Å². The monoisotopic (exact) mass is 524 g/mol. The van der Waals surface area contributed by atoms with Gasteiger partial charge in [-0.15, -0.1) is 0 Å². The number of rotatable bonds is 7. The fraction of sp³-hybridized carbons (Fsp3) is 0.276. The van der Waals surface area contributed by atoms with Crippen molar-refractivity contribution in [3.63, 3.8) is 0 Å². The minimum Gasteiger partial charge on any atom is -0.459 e. The third kappa shape index (κ3) is 6.59. The van der Waals surface area contributed by atoms with Crippen LogP contribution in [0.1, 0.15) is 54.3 Å². The lowest BCUT2D eigenvalue weighted by atomic mass is 10.0. The Bertz CT molecular complexity index is 1360. The molecule has 0 atom stereocenters. The van der Waals surface area contributed by atoms with Crippen LogP contribution >= 0.6 is 0 Å². The van der Waals surface area contributed by atoms with E-state index in [1.807, 2.05) is 0 Å². The number of hydrogen-bond acceptors (Lipinski definition) is 4. The molecular formula is C29H27F3N2O4. The molecule has 4 rings (SSSR count). The lowest BCUT2D eigenvalue weighted by Gasteiger charge is -2.26. The predicted octanol–water partition coefficient (Wildman–Crippen LogP) is 5.65. The number of halogens is 3. The molecule has 0 heterocycles. The van der Waals surface area contributed by atoms with Crippen molar-refractivity contribution in [3.05, 3.63) is 89.2 Å². The molecular weight excluding hydrogens is 497 g/mol. The number of ether oxygens (including phenoxy) is 1. The molecule has 1 saturated carbocycles. The van der Waals surface area contributed by atoms with Gasteiger partial charge in [0.25, 0.3) is 11.8 Å². The molecule has 9 heteroatoms. The highest BCUT2D eigenvalue weighted by Gasteiger charge is 2.29. The summed E-state index contributed by atoms with van der Waals surface area (Å²) in [5.74, 6) is -6.09. The Hall–Kier alpha value is -4.14. The van der Waals surface area contributed by atoms with Crippen LogP contribution in [0.4, 0.5) is 18.9 Å². The van der Waals surface area contributed by atoms with Crippen LogP contribution in [0.3, 0.4) is 0 Å². The van der Waals surface area contributed by atoms with E-state index in [1.54, 1.807) is 63.2 Å². The molecule has 3 aromatic carbocycles. The molecule has 0 aromatic heterocycles. The summed E-state index contributed by atoms with van der Waals surface area (Å²) < 4.78 is 47.8. The molecule has 0 spiro atoms. The zero-order valence-electron chi connectivity index (χ0n) is 21.2. The summed E-state index contributed by atoms with van der Waals surface area (Å²) in [7, 11) is 0. The first-order chi connectivity index (χ1) is 17.9. The maximum atomic E-state index is 14.5. The van der Waals surface area contributed by atoms with Crippen molar-refractivity contribution in [3.8, 4) is 11.1 Å². The molecule has 0 bridgehead atoms. The molecule has 1 fully saturated rings. The van der Waals surface area contributed by atoms with E-state index < -0.39 is 47.0 Å². The maximum Gasteiger partial charge on any atom is 0.326 e. The average molecular weight is 525 g/mol. The molecule has 1 N–H and O–H groups in total. The normalized spacial score (nSPS) is 13.1. The smallest absolute Gasteiger partial charge is 0.326 e. The van der Waals surface area contributed by atoms with Crippen molar-refractivity contribution in [2.45, 2.75) is 45.3 Å². The van der Waals surface area contributed by atoms with Crippen LogP contribution in [0.5, 0.6) is 0 Å². The van der Waals surface area contributed by atoms with Gasteiger partial charge in [-0.25, -0.2) is 13.2 Å². The molecule has 38 heavy (non-hydrogen) atoms. The number of carbonyl (C=O) groups excluding carboxylic acids is 3. The number of esters is 1. The fourth-order valence-corrected chi connectivity index (χ4v) is 3.83. The predicted molar refractivity (Wildman–Crippen MR) is 136 cm³/mol. The molecule has 3 aromatic rings. The Labute approximate surface area is 218 Å². The lowest BCUT2D eigenvalue weighted by molar-refractivity contribution is -0.152. The van der Waals surface area contributed by atoms with E-state index in [1.165, 1.54) is 6.07 Å². The molecule has 6 nitrogen and oxygen atoms in total. The van der Waals surface area contributed by atoms with Gasteiger partial charge in [0.1, 0.15) is 35.2 Å². The van der Waals surface area contributed by atoms with Crippen LogP contribution in [0.15, 0.2) is 60.7 Å². The van der Waals surface area contributed by atoms with Crippen molar-refractivity contribution in [1.82, 2.24) is 5.32 Å². The van der Waals surface area contributed by atoms with E-state index in [0.29, 0.717) is 28.8 Å². The van der Waals surface area contributed by atoms with Crippen LogP contribution in [0.25, 0.3) is 11.1 Å². The molecule has 1 aliphatic rings. The molecule has 1 aliphatic carbocycles. The number of hydrogen-bond donors (Lipinski definition) is 1. The quantitative estimate of drug-likeness (QED) is 0.405. The minimum absolute atomic E-state index is 0.162. The minimum atomic E-state index is -1.39. The summed E-state index contributed by atoms with van der Waals surface area (Å²) in [6, 6.07) is 14.3. The first kappa shape index (κ1) is 26.9. The Balaban J connectivity index is 1.67. The molecule has 0 unspecified atom stereocenters. The second-order valence-corrected chi connectivity index (χ2v) is 10.1. The summed E-state index contributed by atoms with van der Waals surface area (Å²) >= 11 is 0. The SMILES string of the molecule is CC(C)(C)OC(=O)CN(C(=O)c1c(F)cc(F)cc1F)c1cccc(-c2ccc(C(=O)NC3CC3)cc2)c1. The molecule has 0 saturated heterocycles. The van der Waals surface area contributed by atoms with Crippen LogP contribution in [-0.4, -0.2) is 36.0 Å². The highest BCUT2D eigenvalue weighted by Crippen LogP contribution is 2.28. The van der Waals surface area contributed by atoms with Gasteiger partial charge in [0.2, 0.25) is 0 Å². The highest BCUT2D eigenvalue weighted by molar-refractivity contribution is 6.09. The molecule has 0 aliphatic heterocycles. The summed E-state index contributed by atoms with van der Waals surface area (Å²) in [4.78, 5) is 39.1. The van der Waals surface area contributed by atoms with Crippen LogP contribution in [0, 0.1) is 17.5 Å². The number of amides is 2. The summed E-state index contributed by atoms with van der Waals surface area (Å²) in [5, 5.41) is 2.92. The first-order valence-corrected chi connectivity index (χ1v) is 12.1. The van der Waals surface area contributed by atoms with E-state index in [9.17, 15) is 27.6 Å². The van der Waals surface area contributed by atoms with Crippen molar-refractivity contribution < 1.29 is 32.3 Å². The van der Waals surface area contributed by atoms with Gasteiger partial charge in [0.15, 0.2) is 0 Å². The fourth-order valence-electron chi connectivity index (χ4n) is 3.83. The van der Waals surface area contributed by atoms with Gasteiger partial charge in [-0.3, -0.25) is 19.3 Å². The van der Waals surface area contributed by atoms with Gasteiger partial charge in [-0.2, -0.15) is 0 Å². The summed E-state index contributed by atoms with van der Waals surface area (Å²) in [5.41, 5.74) is 0.134. The van der Waals surface area contributed by atoms with E-state index in [-0.39, 0.29) is 17.6 Å². The van der Waals surface area contributed by atoms with E-state index in [0.717, 1.165) is 17.7 Å². The van der Waals surface area contributed by atoms with E-state index in [4.69, 9.17) is 4.74 Å². The summed E-state index contributed by atoms with van der Waals surface area (Å²) in [6.45, 7) is 4.29. The molecule has 198 valence electrons. The van der Waals surface area contributed by atoms with Crippen molar-refractivity contribution in [2.75, 3.05) is 11.4 Å². The third-order valence-corrected chi connectivity index (χ3v) is 5.72. The topological polar surface area (TPSA) is 75.7 Å². The van der Waals surface area contributed by atoms with Gasteiger partial charge >= 0.3 is 5.97 Å². The zero-order valence-corrected chi connectivity index (χ0v) is 21.2. The number of benzene rings is 3. The third-order valence-electron chi connectivity index (χ3n) is 5.72. The number of nitrogens with one attached hydrogen (secondary N) is 1. The zero-order chi connectivity index (χ0) is 27.6. The lowest BCUT2D eigenvalue weighted by Crippen LogP contribution is -2.39. The first-order valence-electron chi connectivity index (χ1n) is 12.1.